The van der Waals surface area contributed by atoms with Crippen molar-refractivity contribution < 1.29 is 22.6 Å². The molecule has 1 aromatic carbocycles. The summed E-state index contributed by atoms with van der Waals surface area (Å²) in [7, 11) is 4.37. The minimum absolute atomic E-state index is 0. The van der Waals surface area contributed by atoms with Gasteiger partial charge in [0.15, 0.2) is 0 Å². The van der Waals surface area contributed by atoms with Gasteiger partial charge in [-0.2, -0.15) is 0 Å². The fraction of sp³-hybridized carbons (Fsp3) is 0.588. The van der Waals surface area contributed by atoms with E-state index in [-0.39, 0.29) is 21.2 Å². The van der Waals surface area contributed by atoms with Gasteiger partial charge in [0.05, 0.1) is 0 Å². The number of hydrogen-bond acceptors (Lipinski definition) is 0. The van der Waals surface area contributed by atoms with E-state index in [1.807, 2.05) is 12.1 Å². The zero-order valence-electron chi connectivity index (χ0n) is 12.6. The van der Waals surface area contributed by atoms with Gasteiger partial charge in [0, 0.05) is 0 Å². The van der Waals surface area contributed by atoms with Gasteiger partial charge in [-0.3, -0.25) is 0 Å². The van der Waals surface area contributed by atoms with Crippen LogP contribution in [0, 0.1) is 13.2 Å². The van der Waals surface area contributed by atoms with Crippen LogP contribution >= 0.6 is 17.5 Å². The van der Waals surface area contributed by atoms with Crippen molar-refractivity contribution in [3.63, 3.8) is 0 Å². The summed E-state index contributed by atoms with van der Waals surface area (Å²) in [5.74, 6) is -0.0454. The van der Waals surface area contributed by atoms with Crippen LogP contribution in [0.4, 0.5) is 4.39 Å². The Labute approximate surface area is 145 Å². The van der Waals surface area contributed by atoms with Crippen LogP contribution in [0.25, 0.3) is 0 Å². The van der Waals surface area contributed by atoms with Crippen LogP contribution in [-0.4, -0.2) is 11.3 Å². The Morgan fingerprint density at radius 2 is 1.43 bits per heavy atom. The molecule has 0 aromatic heterocycles. The van der Waals surface area contributed by atoms with Gasteiger partial charge in [0.2, 0.25) is 0 Å². The molecule has 2 aliphatic carbocycles. The Morgan fingerprint density at radius 1 is 0.952 bits per heavy atom. The second-order valence-corrected chi connectivity index (χ2v) is 8.56. The third kappa shape index (κ3) is 5.28. The zero-order chi connectivity index (χ0) is 14.4. The monoisotopic (exact) mass is 420 g/mol. The summed E-state index contributed by atoms with van der Waals surface area (Å²) in [6, 6.07) is 7.50. The van der Waals surface area contributed by atoms with Crippen LogP contribution in [0.15, 0.2) is 24.3 Å². The van der Waals surface area contributed by atoms with Gasteiger partial charge in [0.25, 0.3) is 0 Å². The summed E-state index contributed by atoms with van der Waals surface area (Å²) < 4.78 is 13.5. The molecule has 0 unspecified atom stereocenters. The number of halogens is 2. The Hall–Kier alpha value is 0.532. The first-order chi connectivity index (χ1) is 9.84. The molecule has 2 aliphatic rings. The summed E-state index contributed by atoms with van der Waals surface area (Å²) in [4.78, 5) is 0. The fourth-order valence-electron chi connectivity index (χ4n) is 3.72. The molecule has 21 heavy (non-hydrogen) atoms. The van der Waals surface area contributed by atoms with Gasteiger partial charge < -0.3 is 7.43 Å². The van der Waals surface area contributed by atoms with Crippen LogP contribution in [0.2, 0.25) is 0 Å². The standard InChI is InChI=1S/C16H22FP.CH3.ClH.Pd/c17-13-6-5-11-16(12-13)18(14-7-1-2-8-14)15-9-3-4-10-15;;;/h5-6,11-12,14-15H,1-4,7-10H2;1H3;1H;/q;-1;;+2/p-1. The molecule has 0 atom stereocenters. The van der Waals surface area contributed by atoms with Crippen LogP contribution in [0.5, 0.6) is 0 Å². The Morgan fingerprint density at radius 3 is 1.86 bits per heavy atom. The molecular formula is C17H25ClFPPd. The summed E-state index contributed by atoms with van der Waals surface area (Å²) in [6.45, 7) is 0. The van der Waals surface area contributed by atoms with E-state index in [4.69, 9.17) is 0 Å². The van der Waals surface area contributed by atoms with Crippen molar-refractivity contribution in [1.82, 2.24) is 0 Å². The van der Waals surface area contributed by atoms with E-state index in [1.54, 1.807) is 6.07 Å². The molecule has 0 nitrogen and oxygen atoms in total. The molecule has 0 N–H and O–H groups in total. The van der Waals surface area contributed by atoms with Gasteiger partial charge >= 0.3 is 27.7 Å². The second kappa shape index (κ2) is 10.3. The van der Waals surface area contributed by atoms with Crippen LogP contribution in [0.3, 0.4) is 0 Å². The molecule has 122 valence electrons. The molecular weight excluding hydrogens is 396 g/mol. The third-order valence-electron chi connectivity index (χ3n) is 4.54. The molecule has 0 aliphatic heterocycles. The Balaban J connectivity index is 0.000000706. The molecule has 4 heteroatoms. The molecule has 2 fully saturated rings. The van der Waals surface area contributed by atoms with E-state index < -0.39 is 0 Å². The quantitative estimate of drug-likeness (QED) is 0.321. The molecule has 1 aromatic rings. The van der Waals surface area contributed by atoms with Gasteiger partial charge in [0.1, 0.15) is 5.82 Å². The zero-order valence-corrected chi connectivity index (χ0v) is 15.8. The number of hydrogen-bond donors (Lipinski definition) is 0. The molecule has 3 rings (SSSR count). The maximum atomic E-state index is 13.5. The molecule has 0 spiro atoms. The van der Waals surface area contributed by atoms with Crippen molar-refractivity contribution in [3.05, 3.63) is 37.5 Å². The topological polar surface area (TPSA) is 0 Å². The van der Waals surface area contributed by atoms with Crippen LogP contribution < -0.4 is 5.30 Å². The van der Waals surface area contributed by atoms with E-state index in [9.17, 15) is 4.39 Å². The van der Waals surface area contributed by atoms with E-state index in [1.165, 1.54) is 56.7 Å². The van der Waals surface area contributed by atoms with Gasteiger partial charge in [-0.05, 0) is 54.4 Å². The maximum absolute atomic E-state index is 13.5. The fourth-order valence-corrected chi connectivity index (χ4v) is 7.53. The summed E-state index contributed by atoms with van der Waals surface area (Å²) >= 11 is 2.22. The average Bonchev–Trinajstić information content (AvgIpc) is 3.15. The molecule has 2 saturated carbocycles. The first-order valence-electron chi connectivity index (χ1n) is 7.50. The van der Waals surface area contributed by atoms with Crippen molar-refractivity contribution in [2.75, 3.05) is 0 Å². The Kier molecular flexibility index (Phi) is 9.63. The van der Waals surface area contributed by atoms with E-state index in [0.29, 0.717) is 0 Å². The van der Waals surface area contributed by atoms with Gasteiger partial charge in [-0.25, -0.2) is 4.39 Å². The molecule has 0 radical (unpaired) electrons. The molecule has 0 saturated heterocycles. The van der Waals surface area contributed by atoms with Crippen LogP contribution in [-0.2, 0) is 18.2 Å². The van der Waals surface area contributed by atoms with Crippen molar-refractivity contribution >= 4 is 22.8 Å². The van der Waals surface area contributed by atoms with E-state index in [0.717, 1.165) is 11.3 Å². The van der Waals surface area contributed by atoms with Gasteiger partial charge in [-0.1, -0.05) is 45.7 Å². The number of rotatable bonds is 3. The summed E-state index contributed by atoms with van der Waals surface area (Å²) in [5, 5.41) is 1.34. The summed E-state index contributed by atoms with van der Waals surface area (Å²) in [5.41, 5.74) is 1.76. The summed E-state index contributed by atoms with van der Waals surface area (Å²) in [6.07, 6.45) is 11.1. The van der Waals surface area contributed by atoms with Crippen molar-refractivity contribution in [3.8, 4) is 0 Å². The van der Waals surface area contributed by atoms with E-state index >= 15 is 0 Å². The average molecular weight is 421 g/mol. The van der Waals surface area contributed by atoms with Crippen molar-refractivity contribution in [2.24, 2.45) is 0 Å². The molecule has 0 amide bonds. The van der Waals surface area contributed by atoms with E-state index in [2.05, 4.69) is 33.8 Å². The third-order valence-corrected chi connectivity index (χ3v) is 8.02. The van der Waals surface area contributed by atoms with Gasteiger partial charge in [-0.15, -0.1) is 0 Å². The Bertz CT molecular complexity index is 388. The second-order valence-electron chi connectivity index (χ2n) is 5.76. The van der Waals surface area contributed by atoms with Crippen molar-refractivity contribution in [1.29, 1.82) is 0 Å². The van der Waals surface area contributed by atoms with Crippen molar-refractivity contribution in [2.45, 2.75) is 62.7 Å². The predicted molar refractivity (Wildman–Crippen MR) is 89.7 cm³/mol. The molecule has 0 heterocycles. The van der Waals surface area contributed by atoms with Crippen LogP contribution in [0.1, 0.15) is 51.4 Å². The normalized spacial score (nSPS) is 19.3. The minimum atomic E-state index is -0.114. The SMILES string of the molecule is Fc1cccc(P(C2CCCC2)C2CCCC2)c1.[CH3-].[Cl][Pd+]. The first kappa shape index (κ1) is 19.6. The predicted octanol–water partition coefficient (Wildman–Crippen LogP) is 5.96. The first-order valence-corrected chi connectivity index (χ1v) is 11.0. The molecule has 0 bridgehead atoms. The number of benzene rings is 1.